The van der Waals surface area contributed by atoms with Crippen LogP contribution in [0.5, 0.6) is 0 Å². The number of nitrogens with zero attached hydrogens (tertiary/aromatic N) is 4. The van der Waals surface area contributed by atoms with Crippen molar-refractivity contribution in [3.05, 3.63) is 76.3 Å². The molecule has 2 aliphatic heterocycles. The van der Waals surface area contributed by atoms with E-state index in [1.54, 1.807) is 6.07 Å². The molecule has 0 saturated carbocycles. The SMILES string of the molecule is O=C(Cn1cnc2ccccc2c1=O)N1CCC(N2CCc3ccccc3C2)C1. The van der Waals surface area contributed by atoms with E-state index in [1.165, 1.54) is 22.0 Å². The van der Waals surface area contributed by atoms with Crippen molar-refractivity contribution in [2.45, 2.75) is 32.0 Å². The van der Waals surface area contributed by atoms with Crippen molar-refractivity contribution in [1.82, 2.24) is 19.4 Å². The first-order valence-electron chi connectivity index (χ1n) is 10.2. The highest BCUT2D eigenvalue weighted by Gasteiger charge is 2.32. The molecule has 0 bridgehead atoms. The van der Waals surface area contributed by atoms with Crippen LogP contribution in [-0.4, -0.2) is 50.9 Å². The quantitative estimate of drug-likeness (QED) is 0.689. The van der Waals surface area contributed by atoms with Gasteiger partial charge in [0.2, 0.25) is 5.91 Å². The number of benzene rings is 2. The Kier molecular flexibility index (Phi) is 4.64. The first-order valence-corrected chi connectivity index (χ1v) is 10.2. The minimum absolute atomic E-state index is 0.0101. The van der Waals surface area contributed by atoms with Crippen LogP contribution in [0.15, 0.2) is 59.7 Å². The summed E-state index contributed by atoms with van der Waals surface area (Å²) < 4.78 is 1.43. The normalized spacial score (nSPS) is 19.4. The maximum atomic E-state index is 12.8. The minimum atomic E-state index is -0.160. The molecule has 1 amide bonds. The van der Waals surface area contributed by atoms with E-state index in [-0.39, 0.29) is 18.0 Å². The molecule has 3 aromatic rings. The predicted octanol–water partition coefficient (Wildman–Crippen LogP) is 2.06. The summed E-state index contributed by atoms with van der Waals surface area (Å²) in [6.45, 7) is 3.52. The summed E-state index contributed by atoms with van der Waals surface area (Å²) in [4.78, 5) is 34.2. The monoisotopic (exact) mass is 388 g/mol. The van der Waals surface area contributed by atoms with Crippen LogP contribution in [0.1, 0.15) is 17.5 Å². The number of para-hydroxylation sites is 1. The standard InChI is InChI=1S/C23H24N4O2/c28-22(15-27-16-24-21-8-4-3-7-20(21)23(27)29)26-12-10-19(14-26)25-11-9-17-5-1-2-6-18(17)13-25/h1-8,16,19H,9-15H2. The van der Waals surface area contributed by atoms with E-state index in [9.17, 15) is 9.59 Å². The number of carbonyl (C=O) groups excluding carboxylic acids is 1. The second kappa shape index (κ2) is 7.44. The number of likely N-dealkylation sites (tertiary alicyclic amines) is 1. The van der Waals surface area contributed by atoms with E-state index in [1.807, 2.05) is 23.1 Å². The lowest BCUT2D eigenvalue weighted by Crippen LogP contribution is -2.42. The average molecular weight is 388 g/mol. The Balaban J connectivity index is 1.26. The molecule has 29 heavy (non-hydrogen) atoms. The first kappa shape index (κ1) is 18.1. The zero-order valence-corrected chi connectivity index (χ0v) is 16.3. The fourth-order valence-electron chi connectivity index (χ4n) is 4.56. The average Bonchev–Trinajstić information content (AvgIpc) is 3.26. The summed E-state index contributed by atoms with van der Waals surface area (Å²) in [5.41, 5.74) is 3.34. The molecule has 1 atom stereocenters. The van der Waals surface area contributed by atoms with Crippen LogP contribution in [0, 0.1) is 0 Å². The first-order chi connectivity index (χ1) is 14.2. The highest BCUT2D eigenvalue weighted by molar-refractivity contribution is 5.79. The number of hydrogen-bond acceptors (Lipinski definition) is 4. The lowest BCUT2D eigenvalue weighted by molar-refractivity contribution is -0.131. The summed E-state index contributed by atoms with van der Waals surface area (Å²) >= 11 is 0. The van der Waals surface area contributed by atoms with E-state index in [0.717, 1.165) is 39.0 Å². The molecule has 1 unspecified atom stereocenters. The van der Waals surface area contributed by atoms with Gasteiger partial charge in [0.1, 0.15) is 6.54 Å². The molecule has 6 nitrogen and oxygen atoms in total. The van der Waals surface area contributed by atoms with Crippen LogP contribution in [0.25, 0.3) is 10.9 Å². The molecule has 0 spiro atoms. The number of hydrogen-bond donors (Lipinski definition) is 0. The summed E-state index contributed by atoms with van der Waals surface area (Å²) in [6.07, 6.45) is 3.54. The van der Waals surface area contributed by atoms with E-state index >= 15 is 0 Å². The lowest BCUT2D eigenvalue weighted by atomic mass is 9.98. The molecule has 1 aromatic heterocycles. The fourth-order valence-corrected chi connectivity index (χ4v) is 4.56. The molecule has 1 fully saturated rings. The van der Waals surface area contributed by atoms with Crippen LogP contribution < -0.4 is 5.56 Å². The minimum Gasteiger partial charge on any atom is -0.340 e. The molecule has 0 N–H and O–H groups in total. The molecular formula is C23H24N4O2. The number of rotatable bonds is 3. The fraction of sp³-hybridized carbons (Fsp3) is 0.348. The van der Waals surface area contributed by atoms with E-state index < -0.39 is 0 Å². The van der Waals surface area contributed by atoms with Gasteiger partial charge in [0.15, 0.2) is 0 Å². The van der Waals surface area contributed by atoms with Gasteiger partial charge in [-0.3, -0.25) is 19.1 Å². The van der Waals surface area contributed by atoms with E-state index in [0.29, 0.717) is 16.9 Å². The third-order valence-electron chi connectivity index (χ3n) is 6.23. The predicted molar refractivity (Wildman–Crippen MR) is 112 cm³/mol. The van der Waals surface area contributed by atoms with Crippen molar-refractivity contribution < 1.29 is 4.79 Å². The molecule has 5 rings (SSSR count). The van der Waals surface area contributed by atoms with Crippen molar-refractivity contribution >= 4 is 16.8 Å². The van der Waals surface area contributed by atoms with Gasteiger partial charge in [0, 0.05) is 32.2 Å². The highest BCUT2D eigenvalue weighted by atomic mass is 16.2. The number of carbonyl (C=O) groups is 1. The van der Waals surface area contributed by atoms with Crippen LogP contribution in [0.4, 0.5) is 0 Å². The molecule has 2 aliphatic rings. The second-order valence-corrected chi connectivity index (χ2v) is 7.97. The van der Waals surface area contributed by atoms with Gasteiger partial charge in [-0.2, -0.15) is 0 Å². The third-order valence-corrected chi connectivity index (χ3v) is 6.23. The van der Waals surface area contributed by atoms with Crippen molar-refractivity contribution in [3.63, 3.8) is 0 Å². The zero-order chi connectivity index (χ0) is 19.8. The summed E-state index contributed by atoms with van der Waals surface area (Å²) in [5, 5.41) is 0.550. The van der Waals surface area contributed by atoms with Gasteiger partial charge in [-0.15, -0.1) is 0 Å². The Morgan fingerprint density at radius 2 is 1.83 bits per heavy atom. The lowest BCUT2D eigenvalue weighted by Gasteiger charge is -2.33. The molecule has 0 aliphatic carbocycles. The topological polar surface area (TPSA) is 58.4 Å². The Labute approximate surface area is 169 Å². The molecule has 2 aromatic carbocycles. The van der Waals surface area contributed by atoms with Gasteiger partial charge in [-0.25, -0.2) is 4.98 Å². The second-order valence-electron chi connectivity index (χ2n) is 7.97. The number of fused-ring (bicyclic) bond motifs is 2. The van der Waals surface area contributed by atoms with E-state index in [2.05, 4.69) is 34.1 Å². The van der Waals surface area contributed by atoms with Crippen molar-refractivity contribution in [2.24, 2.45) is 0 Å². The Bertz CT molecular complexity index is 1120. The van der Waals surface area contributed by atoms with Gasteiger partial charge in [0.05, 0.1) is 17.2 Å². The Morgan fingerprint density at radius 1 is 1.03 bits per heavy atom. The van der Waals surface area contributed by atoms with Gasteiger partial charge in [-0.05, 0) is 36.1 Å². The molecule has 6 heteroatoms. The van der Waals surface area contributed by atoms with Gasteiger partial charge in [0.25, 0.3) is 5.56 Å². The maximum Gasteiger partial charge on any atom is 0.261 e. The molecule has 148 valence electrons. The Morgan fingerprint density at radius 3 is 2.72 bits per heavy atom. The van der Waals surface area contributed by atoms with Crippen molar-refractivity contribution in [3.8, 4) is 0 Å². The number of amides is 1. The van der Waals surface area contributed by atoms with Crippen molar-refractivity contribution in [1.29, 1.82) is 0 Å². The summed E-state index contributed by atoms with van der Waals surface area (Å²) in [6, 6.07) is 16.3. The maximum absolute atomic E-state index is 12.8. The summed E-state index contributed by atoms with van der Waals surface area (Å²) in [5.74, 6) is -0.0101. The van der Waals surface area contributed by atoms with Gasteiger partial charge < -0.3 is 4.90 Å². The smallest absolute Gasteiger partial charge is 0.261 e. The zero-order valence-electron chi connectivity index (χ0n) is 16.3. The van der Waals surface area contributed by atoms with E-state index in [4.69, 9.17) is 0 Å². The number of aromatic nitrogens is 2. The highest BCUT2D eigenvalue weighted by Crippen LogP contribution is 2.24. The molecule has 1 saturated heterocycles. The van der Waals surface area contributed by atoms with Crippen LogP contribution in [-0.2, 0) is 24.3 Å². The van der Waals surface area contributed by atoms with Gasteiger partial charge in [-0.1, -0.05) is 36.4 Å². The van der Waals surface area contributed by atoms with Crippen LogP contribution in [0.2, 0.25) is 0 Å². The Hall–Kier alpha value is -2.99. The van der Waals surface area contributed by atoms with Gasteiger partial charge >= 0.3 is 0 Å². The van der Waals surface area contributed by atoms with Crippen LogP contribution >= 0.6 is 0 Å². The van der Waals surface area contributed by atoms with Crippen molar-refractivity contribution in [2.75, 3.05) is 19.6 Å². The molecule has 0 radical (unpaired) electrons. The molecule has 3 heterocycles. The summed E-state index contributed by atoms with van der Waals surface area (Å²) in [7, 11) is 0. The molecular weight excluding hydrogens is 364 g/mol. The van der Waals surface area contributed by atoms with Crippen LogP contribution in [0.3, 0.4) is 0 Å². The third kappa shape index (κ3) is 3.44. The largest absolute Gasteiger partial charge is 0.340 e.